The van der Waals surface area contributed by atoms with Gasteiger partial charge in [-0.05, 0) is 48.5 Å². The number of benzene rings is 2. The monoisotopic (exact) mass is 384 g/mol. The zero-order valence-corrected chi connectivity index (χ0v) is 14.8. The minimum absolute atomic E-state index is 0.00293. The third kappa shape index (κ3) is 6.94. The Hall–Kier alpha value is -1.70. The van der Waals surface area contributed by atoms with Gasteiger partial charge >= 0.3 is 0 Å². The Morgan fingerprint density at radius 1 is 0.913 bits per heavy atom. The number of nitrogens with zero attached hydrogens (tertiary/aromatic N) is 2. The predicted octanol–water partition coefficient (Wildman–Crippen LogP) is 4.33. The van der Waals surface area contributed by atoms with Crippen LogP contribution in [0.2, 0.25) is 0 Å². The Kier molecular flexibility index (Phi) is 7.94. The van der Waals surface area contributed by atoms with E-state index in [9.17, 15) is 8.42 Å². The molecule has 0 N–H and O–H groups in total. The smallest absolute Gasteiger partial charge is 0.207 e. The van der Waals surface area contributed by atoms with E-state index in [0.29, 0.717) is 16.3 Å². The molecule has 0 saturated heterocycles. The summed E-state index contributed by atoms with van der Waals surface area (Å²) in [5.41, 5.74) is 1.09. The van der Waals surface area contributed by atoms with Gasteiger partial charge in [-0.2, -0.15) is 10.5 Å². The molecule has 2 rings (SSSR count). The van der Waals surface area contributed by atoms with Gasteiger partial charge in [-0.3, -0.25) is 0 Å². The van der Waals surface area contributed by atoms with Gasteiger partial charge in [0.25, 0.3) is 9.05 Å². The number of hydrogen-bond acceptors (Lipinski definition) is 5. The fourth-order valence-corrected chi connectivity index (χ4v) is 2.98. The van der Waals surface area contributed by atoms with Crippen molar-refractivity contribution in [2.75, 3.05) is 5.21 Å². The van der Waals surface area contributed by atoms with Crippen molar-refractivity contribution in [3.63, 3.8) is 0 Å². The van der Waals surface area contributed by atoms with Crippen LogP contribution in [0, 0.1) is 22.7 Å². The highest BCUT2D eigenvalue weighted by atomic mass is 35.7. The van der Waals surface area contributed by atoms with Crippen LogP contribution in [0.3, 0.4) is 0 Å². The van der Waals surface area contributed by atoms with Gasteiger partial charge in [0.15, 0.2) is 0 Å². The summed E-state index contributed by atoms with van der Waals surface area (Å²) in [6.45, 7) is 0. The Balaban J connectivity index is 0.000000231. The lowest BCUT2D eigenvalue weighted by Gasteiger charge is -1.94. The first-order chi connectivity index (χ1) is 10.9. The molecule has 23 heavy (non-hydrogen) atoms. The molecule has 0 bridgehead atoms. The lowest BCUT2D eigenvalue weighted by atomic mass is 10.2. The SMILES string of the molecule is N#Cc1ccc(S(=O)(=O)Cl)cc1.N#Cc1ccc(SCCl)cc1. The van der Waals surface area contributed by atoms with Crippen LogP contribution in [0.25, 0.3) is 0 Å². The number of halogens is 2. The highest BCUT2D eigenvalue weighted by Gasteiger charge is 2.08. The van der Waals surface area contributed by atoms with E-state index in [4.69, 9.17) is 32.8 Å². The van der Waals surface area contributed by atoms with Crippen LogP contribution < -0.4 is 0 Å². The van der Waals surface area contributed by atoms with E-state index in [0.717, 1.165) is 4.90 Å². The van der Waals surface area contributed by atoms with Gasteiger partial charge in [0.2, 0.25) is 0 Å². The standard InChI is InChI=1S/C8H6ClNS.C7H4ClNO2S/c9-6-11-8-3-1-7(5-10)2-4-8;8-12(10,11)7-3-1-6(5-9)2-4-7/h1-4H,6H2;1-4H. The second-order valence-corrected chi connectivity index (χ2v) is 8.16. The summed E-state index contributed by atoms with van der Waals surface area (Å²) in [7, 11) is 1.38. The molecule has 0 aromatic heterocycles. The van der Waals surface area contributed by atoms with Crippen molar-refractivity contribution in [2.45, 2.75) is 9.79 Å². The average Bonchev–Trinajstić information content (AvgIpc) is 2.56. The molecular formula is C15H10Cl2N2O2S2. The van der Waals surface area contributed by atoms with Crippen LogP contribution in [0.15, 0.2) is 58.3 Å². The third-order valence-electron chi connectivity index (χ3n) is 2.47. The van der Waals surface area contributed by atoms with Crippen molar-refractivity contribution in [1.29, 1.82) is 10.5 Å². The number of nitriles is 2. The summed E-state index contributed by atoms with van der Waals surface area (Å²) < 4.78 is 21.4. The molecule has 0 aliphatic heterocycles. The minimum Gasteiger partial charge on any atom is -0.207 e. The summed E-state index contributed by atoms with van der Waals surface area (Å²) in [6.07, 6.45) is 0. The number of alkyl halides is 1. The number of thioether (sulfide) groups is 1. The van der Waals surface area contributed by atoms with Crippen LogP contribution in [-0.2, 0) is 9.05 Å². The van der Waals surface area contributed by atoms with E-state index in [2.05, 4.69) is 6.07 Å². The molecule has 2 aromatic rings. The summed E-state index contributed by atoms with van der Waals surface area (Å²) >= 11 is 7.06. The van der Waals surface area contributed by atoms with E-state index in [1.807, 2.05) is 18.2 Å². The molecule has 0 atom stereocenters. The van der Waals surface area contributed by atoms with Gasteiger partial charge in [-0.1, -0.05) is 0 Å². The van der Waals surface area contributed by atoms with E-state index < -0.39 is 9.05 Å². The molecule has 0 saturated carbocycles. The van der Waals surface area contributed by atoms with Crippen LogP contribution in [0.1, 0.15) is 11.1 Å². The fourth-order valence-electron chi connectivity index (χ4n) is 1.38. The molecule has 0 heterocycles. The van der Waals surface area contributed by atoms with Crippen LogP contribution in [-0.4, -0.2) is 13.6 Å². The summed E-state index contributed by atoms with van der Waals surface area (Å²) in [5, 5.41) is 17.4. The highest BCUT2D eigenvalue weighted by molar-refractivity contribution is 8.13. The first-order valence-corrected chi connectivity index (χ1v) is 9.87. The maximum atomic E-state index is 10.7. The minimum atomic E-state index is -3.66. The molecule has 2 aromatic carbocycles. The molecule has 8 heteroatoms. The predicted molar refractivity (Wildman–Crippen MR) is 91.9 cm³/mol. The molecule has 0 radical (unpaired) electrons. The second-order valence-electron chi connectivity index (χ2n) is 3.96. The van der Waals surface area contributed by atoms with Crippen molar-refractivity contribution in [3.05, 3.63) is 59.7 Å². The van der Waals surface area contributed by atoms with Crippen molar-refractivity contribution >= 4 is 43.1 Å². The van der Waals surface area contributed by atoms with E-state index in [-0.39, 0.29) is 4.90 Å². The van der Waals surface area contributed by atoms with E-state index in [1.54, 1.807) is 23.9 Å². The van der Waals surface area contributed by atoms with Crippen LogP contribution in [0.4, 0.5) is 0 Å². The summed E-state index contributed by atoms with van der Waals surface area (Å²) in [4.78, 5) is 1.10. The van der Waals surface area contributed by atoms with Gasteiger partial charge in [0.1, 0.15) is 0 Å². The van der Waals surface area contributed by atoms with Crippen molar-refractivity contribution in [1.82, 2.24) is 0 Å². The van der Waals surface area contributed by atoms with Crippen LogP contribution >= 0.6 is 34.0 Å². The molecule has 0 aliphatic carbocycles. The van der Waals surface area contributed by atoms with Gasteiger partial charge in [0.05, 0.1) is 33.4 Å². The maximum Gasteiger partial charge on any atom is 0.261 e. The number of rotatable bonds is 3. The van der Waals surface area contributed by atoms with Crippen molar-refractivity contribution < 1.29 is 8.42 Å². The van der Waals surface area contributed by atoms with Gasteiger partial charge in [-0.15, -0.1) is 23.4 Å². The van der Waals surface area contributed by atoms with Gasteiger partial charge in [-0.25, -0.2) is 8.42 Å². The van der Waals surface area contributed by atoms with Gasteiger partial charge in [0, 0.05) is 15.6 Å². The first kappa shape index (κ1) is 19.3. The Labute approximate surface area is 148 Å². The van der Waals surface area contributed by atoms with Crippen molar-refractivity contribution in [2.24, 2.45) is 0 Å². The zero-order valence-electron chi connectivity index (χ0n) is 11.6. The van der Waals surface area contributed by atoms with E-state index in [1.165, 1.54) is 24.3 Å². The lowest BCUT2D eigenvalue weighted by molar-refractivity contribution is 0.609. The molecule has 0 fully saturated rings. The summed E-state index contributed by atoms with van der Waals surface area (Å²) in [6, 6.07) is 16.7. The zero-order chi connectivity index (χ0) is 17.3. The normalized spacial score (nSPS) is 9.91. The highest BCUT2D eigenvalue weighted by Crippen LogP contribution is 2.18. The first-order valence-electron chi connectivity index (χ1n) is 6.04. The Morgan fingerprint density at radius 3 is 1.70 bits per heavy atom. The van der Waals surface area contributed by atoms with Crippen molar-refractivity contribution in [3.8, 4) is 12.1 Å². The number of hydrogen-bond donors (Lipinski definition) is 0. The fraction of sp³-hybridized carbons (Fsp3) is 0.0667. The van der Waals surface area contributed by atoms with Gasteiger partial charge < -0.3 is 0 Å². The largest absolute Gasteiger partial charge is 0.261 e. The van der Waals surface area contributed by atoms with E-state index >= 15 is 0 Å². The molecule has 118 valence electrons. The summed E-state index contributed by atoms with van der Waals surface area (Å²) in [5.74, 6) is 0. The maximum absolute atomic E-state index is 10.7. The second kappa shape index (κ2) is 9.44. The Bertz CT molecular complexity index is 822. The molecule has 0 spiro atoms. The quantitative estimate of drug-likeness (QED) is 0.446. The van der Waals surface area contributed by atoms with Crippen LogP contribution in [0.5, 0.6) is 0 Å². The molecule has 0 aliphatic rings. The Morgan fingerprint density at radius 2 is 1.35 bits per heavy atom. The molecule has 0 unspecified atom stereocenters. The topological polar surface area (TPSA) is 81.7 Å². The average molecular weight is 385 g/mol. The molecule has 0 amide bonds. The third-order valence-corrected chi connectivity index (χ3v) is 4.88. The molecular weight excluding hydrogens is 375 g/mol. The molecule has 4 nitrogen and oxygen atoms in total. The lowest BCUT2D eigenvalue weighted by Crippen LogP contribution is -1.89.